The van der Waals surface area contributed by atoms with E-state index in [4.69, 9.17) is 14.7 Å². The molecule has 1 fully saturated rings. The maximum atomic E-state index is 14.7. The fourth-order valence-electron chi connectivity index (χ4n) is 6.11. The zero-order chi connectivity index (χ0) is 30.8. The third kappa shape index (κ3) is 6.43. The molecule has 0 radical (unpaired) electrons. The quantitative estimate of drug-likeness (QED) is 0.153. The Morgan fingerprint density at radius 2 is 1.84 bits per heavy atom. The second-order valence-corrected chi connectivity index (χ2v) is 12.1. The van der Waals surface area contributed by atoms with Crippen molar-refractivity contribution >= 4 is 22.1 Å². The maximum Gasteiger partial charge on any atom is 0.161 e. The number of hydrogen-bond acceptors (Lipinski definition) is 7. The van der Waals surface area contributed by atoms with Gasteiger partial charge < -0.3 is 19.9 Å². The Bertz CT molecular complexity index is 1940. The van der Waals surface area contributed by atoms with Gasteiger partial charge in [0.15, 0.2) is 11.5 Å². The number of benzene rings is 2. The van der Waals surface area contributed by atoms with Gasteiger partial charge in [0.05, 0.1) is 22.2 Å². The molecule has 230 valence electrons. The average Bonchev–Trinajstić information content (AvgIpc) is 3.80. The third-order valence-electron chi connectivity index (χ3n) is 8.46. The molecule has 1 aliphatic carbocycles. The monoisotopic (exact) mass is 604 g/mol. The van der Waals surface area contributed by atoms with E-state index < -0.39 is 0 Å². The molecule has 0 spiro atoms. The Kier molecular flexibility index (Phi) is 8.23. The zero-order valence-electron chi connectivity index (χ0n) is 25.6. The summed E-state index contributed by atoms with van der Waals surface area (Å²) in [6, 6.07) is 16.7. The standard InChI is InChI=1S/C35H37FN8O/c1-44(2)12-13-45-27-16-24(15-26(36)17-27)28-8-5-9-30-32(28)41-35(40-30)34-33-31(42-43-34)11-10-29(39-33)25-14-23(20-38-21-25)19-37-18-22-6-3-4-7-22/h5,8-11,14-17,20-22,37H,3-4,6-7,12-13,18-19H2,1-2H3,(H,40,41)(H,42,43). The molecule has 0 amide bonds. The SMILES string of the molecule is CN(C)CCOc1cc(F)cc(-c2cccc3[nH]c(-c4n[nH]c5ccc(-c6cncc(CNCC7CCCC7)c6)nc45)nc23)c1. The van der Waals surface area contributed by atoms with Crippen LogP contribution in [0.5, 0.6) is 5.75 Å². The summed E-state index contributed by atoms with van der Waals surface area (Å²) in [6.07, 6.45) is 9.11. The minimum Gasteiger partial charge on any atom is -0.492 e. The molecular weight excluding hydrogens is 567 g/mol. The Morgan fingerprint density at radius 1 is 0.956 bits per heavy atom. The van der Waals surface area contributed by atoms with Gasteiger partial charge in [-0.1, -0.05) is 25.0 Å². The van der Waals surface area contributed by atoms with E-state index in [2.05, 4.69) is 31.5 Å². The Morgan fingerprint density at radius 3 is 2.71 bits per heavy atom. The molecule has 4 aromatic heterocycles. The minimum atomic E-state index is -0.363. The lowest BCUT2D eigenvalue weighted by atomic mass is 10.0. The molecule has 1 saturated carbocycles. The van der Waals surface area contributed by atoms with Crippen molar-refractivity contribution in [2.24, 2.45) is 5.92 Å². The van der Waals surface area contributed by atoms with Gasteiger partial charge >= 0.3 is 0 Å². The van der Waals surface area contributed by atoms with Crippen molar-refractivity contribution in [1.82, 2.24) is 40.3 Å². The first-order valence-corrected chi connectivity index (χ1v) is 15.6. The number of fused-ring (bicyclic) bond motifs is 2. The lowest BCUT2D eigenvalue weighted by Gasteiger charge is -2.12. The van der Waals surface area contributed by atoms with Gasteiger partial charge in [-0.2, -0.15) is 5.10 Å². The van der Waals surface area contributed by atoms with Gasteiger partial charge in [0, 0.05) is 42.7 Å². The summed E-state index contributed by atoms with van der Waals surface area (Å²) < 4.78 is 20.5. The first kappa shape index (κ1) is 29.1. The number of hydrogen-bond donors (Lipinski definition) is 3. The van der Waals surface area contributed by atoms with Crippen LogP contribution in [0.1, 0.15) is 31.2 Å². The fourth-order valence-corrected chi connectivity index (χ4v) is 6.11. The molecule has 3 N–H and O–H groups in total. The van der Waals surface area contributed by atoms with Crippen LogP contribution in [0.4, 0.5) is 4.39 Å². The number of nitrogens with zero attached hydrogens (tertiary/aromatic N) is 5. The maximum absolute atomic E-state index is 14.7. The van der Waals surface area contributed by atoms with E-state index in [1.54, 1.807) is 0 Å². The molecule has 9 nitrogen and oxygen atoms in total. The highest BCUT2D eigenvalue weighted by Crippen LogP contribution is 2.34. The number of rotatable bonds is 11. The molecule has 0 unspecified atom stereocenters. The van der Waals surface area contributed by atoms with Crippen molar-refractivity contribution in [1.29, 1.82) is 0 Å². The Hall–Kier alpha value is -4.67. The van der Waals surface area contributed by atoms with Gasteiger partial charge in [-0.3, -0.25) is 10.1 Å². The molecule has 1 aliphatic rings. The first-order valence-electron chi connectivity index (χ1n) is 15.6. The highest BCUT2D eigenvalue weighted by atomic mass is 19.1. The molecule has 0 bridgehead atoms. The summed E-state index contributed by atoms with van der Waals surface area (Å²) in [4.78, 5) is 19.9. The smallest absolute Gasteiger partial charge is 0.161 e. The van der Waals surface area contributed by atoms with E-state index >= 15 is 0 Å². The minimum absolute atomic E-state index is 0.363. The Labute approximate surface area is 261 Å². The normalized spacial score (nSPS) is 13.9. The second-order valence-electron chi connectivity index (χ2n) is 12.1. The molecule has 0 saturated heterocycles. The predicted octanol–water partition coefficient (Wildman–Crippen LogP) is 6.59. The number of para-hydroxylation sites is 1. The molecular formula is C35H37FN8O. The lowest BCUT2D eigenvalue weighted by molar-refractivity contribution is 0.260. The number of aromatic amines is 2. The molecule has 10 heteroatoms. The summed E-state index contributed by atoms with van der Waals surface area (Å²) >= 11 is 0. The van der Waals surface area contributed by atoms with E-state index in [0.29, 0.717) is 40.5 Å². The van der Waals surface area contributed by atoms with Gasteiger partial charge in [0.1, 0.15) is 23.7 Å². The topological polar surface area (TPSA) is 108 Å². The van der Waals surface area contributed by atoms with Crippen LogP contribution in [-0.2, 0) is 6.54 Å². The van der Waals surface area contributed by atoms with Crippen LogP contribution in [0, 0.1) is 11.7 Å². The molecule has 6 aromatic rings. The second kappa shape index (κ2) is 12.7. The van der Waals surface area contributed by atoms with Crippen LogP contribution >= 0.6 is 0 Å². The van der Waals surface area contributed by atoms with Crippen molar-refractivity contribution in [3.05, 3.63) is 78.4 Å². The van der Waals surface area contributed by atoms with Crippen LogP contribution in [-0.4, -0.2) is 68.8 Å². The summed E-state index contributed by atoms with van der Waals surface area (Å²) in [5.74, 6) is 1.49. The van der Waals surface area contributed by atoms with Crippen LogP contribution in [0.2, 0.25) is 0 Å². The number of imidazole rings is 1. The number of ether oxygens (including phenoxy) is 1. The van der Waals surface area contributed by atoms with E-state index in [-0.39, 0.29) is 5.82 Å². The molecule has 7 rings (SSSR count). The van der Waals surface area contributed by atoms with Gasteiger partial charge in [0.2, 0.25) is 0 Å². The summed E-state index contributed by atoms with van der Waals surface area (Å²) in [5.41, 5.74) is 8.04. The molecule has 0 atom stereocenters. The van der Waals surface area contributed by atoms with Gasteiger partial charge in [0.25, 0.3) is 0 Å². The number of halogens is 1. The van der Waals surface area contributed by atoms with E-state index in [1.165, 1.54) is 37.8 Å². The fraction of sp³-hybridized carbons (Fsp3) is 0.314. The van der Waals surface area contributed by atoms with Gasteiger partial charge in [-0.25, -0.2) is 14.4 Å². The van der Waals surface area contributed by atoms with E-state index in [9.17, 15) is 4.39 Å². The highest BCUT2D eigenvalue weighted by molar-refractivity contribution is 5.96. The van der Waals surface area contributed by atoms with Gasteiger partial charge in [-0.15, -0.1) is 0 Å². The van der Waals surface area contributed by atoms with E-state index in [0.717, 1.165) is 59.0 Å². The van der Waals surface area contributed by atoms with Crippen LogP contribution in [0.15, 0.2) is 67.0 Å². The molecule has 45 heavy (non-hydrogen) atoms. The number of H-pyrrole nitrogens is 2. The number of pyridine rings is 2. The molecule has 2 aromatic carbocycles. The first-order chi connectivity index (χ1) is 22.0. The van der Waals surface area contributed by atoms with Crippen molar-refractivity contribution in [2.75, 3.05) is 33.8 Å². The van der Waals surface area contributed by atoms with E-state index in [1.807, 2.05) is 67.8 Å². The van der Waals surface area contributed by atoms with Gasteiger partial charge in [-0.05, 0) is 86.9 Å². The Balaban J connectivity index is 1.17. The van der Waals surface area contributed by atoms with Crippen molar-refractivity contribution < 1.29 is 9.13 Å². The summed E-state index contributed by atoms with van der Waals surface area (Å²) in [5, 5.41) is 11.3. The highest BCUT2D eigenvalue weighted by Gasteiger charge is 2.18. The van der Waals surface area contributed by atoms with Crippen molar-refractivity contribution in [3.63, 3.8) is 0 Å². The average molecular weight is 605 g/mol. The molecule has 0 aliphatic heterocycles. The number of likely N-dealkylation sites (N-methyl/N-ethyl adjacent to an activating group) is 1. The summed E-state index contributed by atoms with van der Waals surface area (Å²) in [6.45, 7) is 3.03. The summed E-state index contributed by atoms with van der Waals surface area (Å²) in [7, 11) is 3.95. The van der Waals surface area contributed by atoms with Crippen LogP contribution < -0.4 is 10.1 Å². The van der Waals surface area contributed by atoms with Crippen molar-refractivity contribution in [3.8, 4) is 39.7 Å². The van der Waals surface area contributed by atoms with Crippen molar-refractivity contribution in [2.45, 2.75) is 32.2 Å². The lowest BCUT2D eigenvalue weighted by Crippen LogP contribution is -2.20. The number of nitrogens with one attached hydrogen (secondary N) is 3. The predicted molar refractivity (Wildman–Crippen MR) is 175 cm³/mol. The van der Waals surface area contributed by atoms with Crippen LogP contribution in [0.3, 0.4) is 0 Å². The zero-order valence-corrected chi connectivity index (χ0v) is 25.6. The third-order valence-corrected chi connectivity index (χ3v) is 8.46. The number of aromatic nitrogens is 6. The molecule has 4 heterocycles. The van der Waals surface area contributed by atoms with Crippen LogP contribution in [0.25, 0.3) is 56.0 Å². The largest absolute Gasteiger partial charge is 0.492 e.